The van der Waals surface area contributed by atoms with Crippen LogP contribution in [0.1, 0.15) is 25.0 Å². The second-order valence-electron chi connectivity index (χ2n) is 3.18. The topological polar surface area (TPSA) is 39.7 Å². The molecule has 0 fully saturated rings. The van der Waals surface area contributed by atoms with Crippen molar-refractivity contribution in [2.45, 2.75) is 27.7 Å². The third kappa shape index (κ3) is 2.95. The number of aryl methyl sites for hydroxylation is 2. The average molecular weight is 206 g/mol. The zero-order valence-corrected chi connectivity index (χ0v) is 9.70. The fourth-order valence-electron chi connectivity index (χ4n) is 1.42. The molecule has 1 aromatic rings. The van der Waals surface area contributed by atoms with E-state index in [0.29, 0.717) is 0 Å². The molecule has 1 aliphatic heterocycles. The predicted molar refractivity (Wildman–Crippen MR) is 64.5 cm³/mol. The van der Waals surface area contributed by atoms with E-state index in [2.05, 4.69) is 48.2 Å². The molecule has 0 radical (unpaired) electrons. The summed E-state index contributed by atoms with van der Waals surface area (Å²) in [4.78, 5) is 0. The molecule has 2 rings (SSSR count). The highest BCUT2D eigenvalue weighted by molar-refractivity contribution is 5.79. The molecule has 0 saturated heterocycles. The number of hydrogen-bond donors (Lipinski definition) is 2. The summed E-state index contributed by atoms with van der Waals surface area (Å²) in [5, 5.41) is 5.67. The summed E-state index contributed by atoms with van der Waals surface area (Å²) in [7, 11) is 0. The zero-order valence-electron chi connectivity index (χ0n) is 9.70. The summed E-state index contributed by atoms with van der Waals surface area (Å²) >= 11 is 0. The maximum absolute atomic E-state index is 3.84. The first-order chi connectivity index (χ1) is 7.25. The van der Waals surface area contributed by atoms with E-state index in [9.17, 15) is 0 Å². The number of hydrazone groups is 1. The van der Waals surface area contributed by atoms with Crippen molar-refractivity contribution in [2.75, 3.05) is 5.01 Å². The summed E-state index contributed by atoms with van der Waals surface area (Å²) in [5.41, 5.74) is 9.13. The predicted octanol–water partition coefficient (Wildman–Crippen LogP) is 2.10. The van der Waals surface area contributed by atoms with Crippen LogP contribution >= 0.6 is 0 Å². The second-order valence-corrected chi connectivity index (χ2v) is 3.18. The molecule has 1 aliphatic rings. The molecule has 82 valence electrons. The lowest BCUT2D eigenvalue weighted by molar-refractivity contribution is 0.623. The first-order valence-electron chi connectivity index (χ1n) is 5.17. The highest BCUT2D eigenvalue weighted by atomic mass is 15.8. The molecule has 4 nitrogen and oxygen atoms in total. The first-order valence-corrected chi connectivity index (χ1v) is 5.17. The van der Waals surface area contributed by atoms with Crippen LogP contribution in [0.5, 0.6) is 0 Å². The summed E-state index contributed by atoms with van der Waals surface area (Å²) in [6.45, 7) is 8.16. The number of nitrogens with one attached hydrogen (secondary N) is 2. The number of nitrogens with zero attached hydrogens (tertiary/aromatic N) is 2. The Morgan fingerprint density at radius 3 is 2.13 bits per heavy atom. The van der Waals surface area contributed by atoms with Gasteiger partial charge in [0.2, 0.25) is 0 Å². The Bertz CT molecular complexity index is 326. The smallest absolute Gasteiger partial charge is 0.133 e. The number of hydrogen-bond acceptors (Lipinski definition) is 4. The summed E-state index contributed by atoms with van der Waals surface area (Å²) in [6, 6.07) is 6.34. The Kier molecular flexibility index (Phi) is 4.12. The van der Waals surface area contributed by atoms with E-state index in [-0.39, 0.29) is 0 Å². The zero-order chi connectivity index (χ0) is 11.3. The summed E-state index contributed by atoms with van der Waals surface area (Å²) in [6.07, 6.45) is 1.70. The fraction of sp³-hybridized carbons (Fsp3) is 0.364. The van der Waals surface area contributed by atoms with Crippen LogP contribution in [0.3, 0.4) is 0 Å². The largest absolute Gasteiger partial charge is 0.245 e. The Morgan fingerprint density at radius 1 is 1.07 bits per heavy atom. The van der Waals surface area contributed by atoms with Crippen LogP contribution in [0.2, 0.25) is 0 Å². The van der Waals surface area contributed by atoms with E-state index < -0.39 is 0 Å². The van der Waals surface area contributed by atoms with Crippen LogP contribution < -0.4 is 16.1 Å². The maximum atomic E-state index is 3.84. The van der Waals surface area contributed by atoms with Gasteiger partial charge in [0, 0.05) is 0 Å². The van der Waals surface area contributed by atoms with Crippen molar-refractivity contribution < 1.29 is 0 Å². The van der Waals surface area contributed by atoms with Gasteiger partial charge < -0.3 is 0 Å². The molecule has 2 N–H and O–H groups in total. The van der Waals surface area contributed by atoms with Crippen molar-refractivity contribution in [2.24, 2.45) is 5.10 Å². The lowest BCUT2D eigenvalue weighted by Gasteiger charge is -2.14. The van der Waals surface area contributed by atoms with Gasteiger partial charge in [0.1, 0.15) is 6.34 Å². The quantitative estimate of drug-likeness (QED) is 0.739. The summed E-state index contributed by atoms with van der Waals surface area (Å²) < 4.78 is 0. The molecule has 0 amide bonds. The SMILES string of the molecule is CC.Cc1cc(C)cc(N2C=NNN2)c1. The minimum absolute atomic E-state index is 1.09. The highest BCUT2D eigenvalue weighted by Gasteiger charge is 2.07. The minimum atomic E-state index is 1.09. The number of anilines is 1. The van der Waals surface area contributed by atoms with Gasteiger partial charge in [-0.15, -0.1) is 5.53 Å². The Hall–Kier alpha value is -1.55. The number of rotatable bonds is 1. The molecule has 0 bridgehead atoms. The fourth-order valence-corrected chi connectivity index (χ4v) is 1.42. The van der Waals surface area contributed by atoms with Gasteiger partial charge in [-0.25, -0.2) is 10.5 Å². The molecule has 0 unspecified atom stereocenters. The van der Waals surface area contributed by atoms with Crippen molar-refractivity contribution in [1.29, 1.82) is 0 Å². The third-order valence-corrected chi connectivity index (χ3v) is 1.89. The molecule has 1 aromatic carbocycles. The van der Waals surface area contributed by atoms with E-state index in [4.69, 9.17) is 0 Å². The van der Waals surface area contributed by atoms with Crippen molar-refractivity contribution in [3.05, 3.63) is 29.3 Å². The van der Waals surface area contributed by atoms with Crippen LogP contribution in [0.4, 0.5) is 5.69 Å². The highest BCUT2D eigenvalue weighted by Crippen LogP contribution is 2.16. The van der Waals surface area contributed by atoms with Gasteiger partial charge in [-0.1, -0.05) is 19.9 Å². The number of benzene rings is 1. The monoisotopic (exact) mass is 206 g/mol. The molecule has 0 spiro atoms. The molecule has 15 heavy (non-hydrogen) atoms. The normalized spacial score (nSPS) is 13.2. The van der Waals surface area contributed by atoms with E-state index in [0.717, 1.165) is 5.69 Å². The van der Waals surface area contributed by atoms with Crippen LogP contribution in [0, 0.1) is 13.8 Å². The van der Waals surface area contributed by atoms with Crippen LogP contribution in [-0.2, 0) is 0 Å². The van der Waals surface area contributed by atoms with Gasteiger partial charge in [-0.2, -0.15) is 5.10 Å². The number of hydrazine groups is 2. The van der Waals surface area contributed by atoms with Crippen LogP contribution in [0.15, 0.2) is 23.3 Å². The van der Waals surface area contributed by atoms with Crippen molar-refractivity contribution in [1.82, 2.24) is 11.1 Å². The molecule has 0 aromatic heterocycles. The minimum Gasteiger partial charge on any atom is -0.245 e. The standard InChI is InChI=1S/C9H12N4.C2H6/c1-7-3-8(2)5-9(4-7)13-6-10-11-12-13;1-2/h3-6,11-12H,1-2H3;1-2H3. The van der Waals surface area contributed by atoms with Gasteiger partial charge in [0.25, 0.3) is 0 Å². The molecule has 0 aliphatic carbocycles. The average Bonchev–Trinajstić information content (AvgIpc) is 2.72. The van der Waals surface area contributed by atoms with Crippen molar-refractivity contribution in [3.8, 4) is 0 Å². The van der Waals surface area contributed by atoms with Gasteiger partial charge in [-0.3, -0.25) is 0 Å². The molecule has 4 heteroatoms. The molecular weight excluding hydrogens is 188 g/mol. The Labute approximate surface area is 90.9 Å². The Morgan fingerprint density at radius 2 is 1.67 bits per heavy atom. The van der Waals surface area contributed by atoms with Gasteiger partial charge in [0.15, 0.2) is 0 Å². The van der Waals surface area contributed by atoms with Crippen molar-refractivity contribution in [3.63, 3.8) is 0 Å². The van der Waals surface area contributed by atoms with Crippen molar-refractivity contribution >= 4 is 12.0 Å². The van der Waals surface area contributed by atoms with Crippen LogP contribution in [0.25, 0.3) is 0 Å². The van der Waals surface area contributed by atoms with E-state index in [1.54, 1.807) is 6.34 Å². The maximum Gasteiger partial charge on any atom is 0.133 e. The summed E-state index contributed by atoms with van der Waals surface area (Å²) in [5.74, 6) is 0. The Balaban J connectivity index is 0.000000531. The molecule has 0 saturated carbocycles. The third-order valence-electron chi connectivity index (χ3n) is 1.89. The molecule has 0 atom stereocenters. The van der Waals surface area contributed by atoms with E-state index >= 15 is 0 Å². The van der Waals surface area contributed by atoms with Gasteiger partial charge in [0.05, 0.1) is 5.69 Å². The van der Waals surface area contributed by atoms with Gasteiger partial charge >= 0.3 is 0 Å². The lowest BCUT2D eigenvalue weighted by Crippen LogP contribution is -2.37. The van der Waals surface area contributed by atoms with Crippen LogP contribution in [-0.4, -0.2) is 6.34 Å². The lowest BCUT2D eigenvalue weighted by atomic mass is 10.1. The second kappa shape index (κ2) is 5.36. The van der Waals surface area contributed by atoms with E-state index in [1.807, 2.05) is 18.9 Å². The first kappa shape index (κ1) is 11.5. The van der Waals surface area contributed by atoms with Gasteiger partial charge in [-0.05, 0) is 37.1 Å². The van der Waals surface area contributed by atoms with E-state index in [1.165, 1.54) is 11.1 Å². The molecular formula is C11H18N4. The molecule has 1 heterocycles.